The molecule has 0 aliphatic rings. The Kier molecular flexibility index (Phi) is 6.64. The molecule has 15 heavy (non-hydrogen) atoms. The summed E-state index contributed by atoms with van der Waals surface area (Å²) in [7, 11) is 0. The van der Waals surface area contributed by atoms with Gasteiger partial charge in [-0.1, -0.05) is 23.7 Å². The van der Waals surface area contributed by atoms with Crippen molar-refractivity contribution in [1.29, 1.82) is 0 Å². The van der Waals surface area contributed by atoms with E-state index in [1.54, 1.807) is 11.8 Å². The lowest BCUT2D eigenvalue weighted by Gasteiger charge is -2.06. The van der Waals surface area contributed by atoms with Crippen molar-refractivity contribution < 1.29 is 9.84 Å². The maximum atomic E-state index is 8.58. The maximum absolute atomic E-state index is 8.58. The van der Waals surface area contributed by atoms with E-state index in [1.807, 2.05) is 24.3 Å². The molecule has 0 fully saturated rings. The first-order valence-corrected chi connectivity index (χ1v) is 6.44. The molecule has 84 valence electrons. The number of halogens is 1. The maximum Gasteiger partial charge on any atom is 0.137 e. The van der Waals surface area contributed by atoms with Crippen LogP contribution >= 0.6 is 23.4 Å². The summed E-state index contributed by atoms with van der Waals surface area (Å²) < 4.78 is 5.50. The SMILES string of the molecule is OCCCSCCOc1ccccc1Cl. The number of ether oxygens (including phenoxy) is 1. The third kappa shape index (κ3) is 5.30. The lowest BCUT2D eigenvalue weighted by molar-refractivity contribution is 0.296. The minimum absolute atomic E-state index is 0.262. The van der Waals surface area contributed by atoms with E-state index in [0.29, 0.717) is 11.6 Å². The van der Waals surface area contributed by atoms with Crippen LogP contribution in [0.2, 0.25) is 5.02 Å². The number of benzene rings is 1. The smallest absolute Gasteiger partial charge is 0.137 e. The van der Waals surface area contributed by atoms with Gasteiger partial charge >= 0.3 is 0 Å². The second-order valence-corrected chi connectivity index (χ2v) is 4.60. The second-order valence-electron chi connectivity index (χ2n) is 2.97. The van der Waals surface area contributed by atoms with Crippen LogP contribution in [-0.2, 0) is 0 Å². The van der Waals surface area contributed by atoms with Crippen molar-refractivity contribution in [3.63, 3.8) is 0 Å². The quantitative estimate of drug-likeness (QED) is 0.751. The largest absolute Gasteiger partial charge is 0.491 e. The molecule has 0 aliphatic carbocycles. The number of aliphatic hydroxyl groups excluding tert-OH is 1. The fourth-order valence-corrected chi connectivity index (χ4v) is 1.97. The van der Waals surface area contributed by atoms with E-state index in [1.165, 1.54) is 0 Å². The predicted molar refractivity (Wildman–Crippen MR) is 66.0 cm³/mol. The van der Waals surface area contributed by atoms with Gasteiger partial charge in [0, 0.05) is 12.4 Å². The first-order chi connectivity index (χ1) is 7.34. The molecular formula is C11H15ClO2S. The summed E-state index contributed by atoms with van der Waals surface area (Å²) >= 11 is 7.70. The van der Waals surface area contributed by atoms with Crippen LogP contribution in [0.15, 0.2) is 24.3 Å². The van der Waals surface area contributed by atoms with Crippen LogP contribution in [0.3, 0.4) is 0 Å². The third-order valence-corrected chi connectivity index (χ3v) is 3.11. The van der Waals surface area contributed by atoms with Gasteiger partial charge in [-0.15, -0.1) is 0 Å². The van der Waals surface area contributed by atoms with Gasteiger partial charge in [-0.2, -0.15) is 11.8 Å². The minimum atomic E-state index is 0.262. The normalized spacial score (nSPS) is 10.3. The van der Waals surface area contributed by atoms with Crippen LogP contribution in [0.1, 0.15) is 6.42 Å². The van der Waals surface area contributed by atoms with Gasteiger partial charge in [0.2, 0.25) is 0 Å². The van der Waals surface area contributed by atoms with E-state index in [2.05, 4.69) is 0 Å². The molecule has 0 spiro atoms. The first-order valence-electron chi connectivity index (χ1n) is 4.90. The molecule has 1 N–H and O–H groups in total. The zero-order chi connectivity index (χ0) is 10.9. The van der Waals surface area contributed by atoms with Crippen LogP contribution in [0.5, 0.6) is 5.75 Å². The van der Waals surface area contributed by atoms with Gasteiger partial charge < -0.3 is 9.84 Å². The van der Waals surface area contributed by atoms with E-state index >= 15 is 0 Å². The fourth-order valence-electron chi connectivity index (χ4n) is 1.04. The van der Waals surface area contributed by atoms with Gasteiger partial charge in [-0.3, -0.25) is 0 Å². The molecule has 1 rings (SSSR count). The Morgan fingerprint density at radius 1 is 1.27 bits per heavy atom. The number of aliphatic hydroxyl groups is 1. The molecule has 0 heterocycles. The summed E-state index contributed by atoms with van der Waals surface area (Å²) in [5.41, 5.74) is 0. The molecule has 0 bridgehead atoms. The Morgan fingerprint density at radius 2 is 2.07 bits per heavy atom. The summed E-state index contributed by atoms with van der Waals surface area (Å²) in [6.45, 7) is 0.915. The summed E-state index contributed by atoms with van der Waals surface area (Å²) in [6, 6.07) is 7.46. The van der Waals surface area contributed by atoms with Gasteiger partial charge in [0.15, 0.2) is 0 Å². The average Bonchev–Trinajstić information content (AvgIpc) is 2.25. The standard InChI is InChI=1S/C11H15ClO2S/c12-10-4-1-2-5-11(10)14-7-9-15-8-3-6-13/h1-2,4-5,13H,3,6-9H2. The van der Waals surface area contributed by atoms with Gasteiger partial charge in [0.25, 0.3) is 0 Å². The van der Waals surface area contributed by atoms with Gasteiger partial charge in [-0.05, 0) is 24.3 Å². The highest BCUT2D eigenvalue weighted by molar-refractivity contribution is 7.99. The molecule has 0 saturated carbocycles. The molecule has 0 amide bonds. The summed E-state index contributed by atoms with van der Waals surface area (Å²) in [4.78, 5) is 0. The number of thioether (sulfide) groups is 1. The Hall–Kier alpha value is -0.380. The molecule has 0 unspecified atom stereocenters. The van der Waals surface area contributed by atoms with Crippen molar-refractivity contribution in [3.05, 3.63) is 29.3 Å². The second kappa shape index (κ2) is 7.85. The van der Waals surface area contributed by atoms with Crippen LogP contribution in [-0.4, -0.2) is 29.8 Å². The van der Waals surface area contributed by atoms with Crippen LogP contribution in [0, 0.1) is 0 Å². The molecule has 1 aromatic rings. The minimum Gasteiger partial charge on any atom is -0.491 e. The lowest BCUT2D eigenvalue weighted by Crippen LogP contribution is -2.01. The number of hydrogen-bond donors (Lipinski definition) is 1. The number of rotatable bonds is 7. The zero-order valence-corrected chi connectivity index (χ0v) is 10.1. The van der Waals surface area contributed by atoms with Crippen LogP contribution in [0.25, 0.3) is 0 Å². The van der Waals surface area contributed by atoms with Crippen molar-refractivity contribution in [2.45, 2.75) is 6.42 Å². The third-order valence-electron chi connectivity index (χ3n) is 1.77. The molecule has 0 radical (unpaired) electrons. The molecule has 2 nitrogen and oxygen atoms in total. The number of hydrogen-bond acceptors (Lipinski definition) is 3. The van der Waals surface area contributed by atoms with Crippen molar-refractivity contribution >= 4 is 23.4 Å². The Labute approximate surface area is 99.6 Å². The summed E-state index contributed by atoms with van der Waals surface area (Å²) in [5.74, 6) is 2.63. The monoisotopic (exact) mass is 246 g/mol. The Bertz CT molecular complexity index is 281. The number of para-hydroxylation sites is 1. The van der Waals surface area contributed by atoms with Gasteiger partial charge in [0.1, 0.15) is 5.75 Å². The van der Waals surface area contributed by atoms with Gasteiger partial charge in [-0.25, -0.2) is 0 Å². The predicted octanol–water partition coefficient (Wildman–Crippen LogP) is 2.83. The van der Waals surface area contributed by atoms with Crippen molar-refractivity contribution in [2.24, 2.45) is 0 Å². The average molecular weight is 247 g/mol. The molecule has 0 aliphatic heterocycles. The zero-order valence-electron chi connectivity index (χ0n) is 8.49. The van der Waals surface area contributed by atoms with E-state index in [9.17, 15) is 0 Å². The lowest BCUT2D eigenvalue weighted by atomic mass is 10.3. The molecule has 1 aromatic carbocycles. The Balaban J connectivity index is 2.12. The molecule has 0 aromatic heterocycles. The molecule has 4 heteroatoms. The highest BCUT2D eigenvalue weighted by Crippen LogP contribution is 2.23. The van der Waals surface area contributed by atoms with E-state index in [4.69, 9.17) is 21.4 Å². The topological polar surface area (TPSA) is 29.5 Å². The van der Waals surface area contributed by atoms with E-state index < -0.39 is 0 Å². The fraction of sp³-hybridized carbons (Fsp3) is 0.455. The highest BCUT2D eigenvalue weighted by Gasteiger charge is 1.98. The summed E-state index contributed by atoms with van der Waals surface area (Å²) in [6.07, 6.45) is 0.844. The molecule has 0 saturated heterocycles. The molecular weight excluding hydrogens is 232 g/mol. The van der Waals surface area contributed by atoms with E-state index in [-0.39, 0.29) is 6.61 Å². The van der Waals surface area contributed by atoms with Crippen molar-refractivity contribution in [3.8, 4) is 5.75 Å². The van der Waals surface area contributed by atoms with Crippen LogP contribution < -0.4 is 4.74 Å². The van der Waals surface area contributed by atoms with Crippen molar-refractivity contribution in [1.82, 2.24) is 0 Å². The Morgan fingerprint density at radius 3 is 2.80 bits per heavy atom. The van der Waals surface area contributed by atoms with Gasteiger partial charge in [0.05, 0.1) is 11.6 Å². The molecule has 0 atom stereocenters. The van der Waals surface area contributed by atoms with Crippen LogP contribution in [0.4, 0.5) is 0 Å². The van der Waals surface area contributed by atoms with E-state index in [0.717, 1.165) is 23.7 Å². The van der Waals surface area contributed by atoms with Crippen molar-refractivity contribution in [2.75, 3.05) is 24.7 Å². The first kappa shape index (κ1) is 12.7. The summed E-state index contributed by atoms with van der Waals surface area (Å²) in [5, 5.41) is 9.23. The highest BCUT2D eigenvalue weighted by atomic mass is 35.5.